The molecule has 26 heavy (non-hydrogen) atoms. The molecule has 2 saturated heterocycles. The highest BCUT2D eigenvalue weighted by Crippen LogP contribution is 2.35. The maximum absolute atomic E-state index is 12.8. The maximum Gasteiger partial charge on any atom is 0.410 e. The van der Waals surface area contributed by atoms with Gasteiger partial charge in [-0.25, -0.2) is 4.79 Å². The zero-order valence-electron chi connectivity index (χ0n) is 16.4. The highest BCUT2D eigenvalue weighted by atomic mass is 16.6. The van der Waals surface area contributed by atoms with Crippen LogP contribution >= 0.6 is 0 Å². The Balaban J connectivity index is 1.63. The van der Waals surface area contributed by atoms with Gasteiger partial charge in [0.2, 0.25) is 0 Å². The molecule has 5 nitrogen and oxygen atoms in total. The Hall–Kier alpha value is -2.04. The maximum atomic E-state index is 12.8. The van der Waals surface area contributed by atoms with Crippen LogP contribution in [0.3, 0.4) is 0 Å². The molecule has 2 amide bonds. The van der Waals surface area contributed by atoms with Crippen molar-refractivity contribution in [3.63, 3.8) is 0 Å². The Kier molecular flexibility index (Phi) is 5.26. The molecular formula is C21H30N2O3. The summed E-state index contributed by atoms with van der Waals surface area (Å²) in [6.07, 6.45) is 3.27. The quantitative estimate of drug-likeness (QED) is 0.820. The first-order chi connectivity index (χ1) is 12.3. The first kappa shape index (κ1) is 18.7. The second kappa shape index (κ2) is 7.29. The van der Waals surface area contributed by atoms with Gasteiger partial charge in [0.05, 0.1) is 6.54 Å². The molecule has 0 aliphatic carbocycles. The van der Waals surface area contributed by atoms with Gasteiger partial charge in [-0.05, 0) is 50.5 Å². The standard InChI is InChI=1S/C21H30N2O3/c1-5-6-17(4)23-14-21(26-20(23)25)9-11-22(12-10-21)19(24)18-8-7-15(2)16(3)13-18/h7-8,13,17H,5-6,9-12,14H2,1-4H3/t17-/m0/s1. The molecule has 2 aliphatic heterocycles. The van der Waals surface area contributed by atoms with Crippen LogP contribution in [-0.4, -0.2) is 53.1 Å². The molecule has 0 aromatic heterocycles. The number of carbonyl (C=O) groups is 2. The van der Waals surface area contributed by atoms with E-state index in [0.717, 1.165) is 24.0 Å². The van der Waals surface area contributed by atoms with E-state index in [4.69, 9.17) is 4.74 Å². The van der Waals surface area contributed by atoms with Crippen LogP contribution in [0.2, 0.25) is 0 Å². The molecule has 3 rings (SSSR count). The van der Waals surface area contributed by atoms with Gasteiger partial charge in [0.1, 0.15) is 5.60 Å². The van der Waals surface area contributed by atoms with Crippen LogP contribution in [-0.2, 0) is 4.74 Å². The van der Waals surface area contributed by atoms with E-state index in [1.807, 2.05) is 41.8 Å². The molecule has 2 heterocycles. The fraction of sp³-hybridized carbons (Fsp3) is 0.619. The highest BCUT2D eigenvalue weighted by Gasteiger charge is 2.48. The van der Waals surface area contributed by atoms with Crippen LogP contribution in [0.25, 0.3) is 0 Å². The Morgan fingerprint density at radius 2 is 1.92 bits per heavy atom. The van der Waals surface area contributed by atoms with Gasteiger partial charge in [0, 0.05) is 37.5 Å². The summed E-state index contributed by atoms with van der Waals surface area (Å²) in [6.45, 7) is 10.2. The van der Waals surface area contributed by atoms with E-state index in [9.17, 15) is 9.59 Å². The predicted molar refractivity (Wildman–Crippen MR) is 101 cm³/mol. The van der Waals surface area contributed by atoms with E-state index < -0.39 is 5.60 Å². The van der Waals surface area contributed by atoms with Crippen molar-refractivity contribution in [2.24, 2.45) is 0 Å². The average Bonchev–Trinajstić information content (AvgIpc) is 2.94. The number of ether oxygens (including phenoxy) is 1. The molecule has 1 aromatic carbocycles. The third-order valence-corrected chi connectivity index (χ3v) is 5.95. The number of hydrogen-bond donors (Lipinski definition) is 0. The van der Waals surface area contributed by atoms with E-state index in [1.54, 1.807) is 0 Å². The van der Waals surface area contributed by atoms with E-state index >= 15 is 0 Å². The van der Waals surface area contributed by atoms with Crippen molar-refractivity contribution in [3.8, 4) is 0 Å². The summed E-state index contributed by atoms with van der Waals surface area (Å²) in [5.41, 5.74) is 2.65. The topological polar surface area (TPSA) is 49.9 Å². The number of amides is 2. The Morgan fingerprint density at radius 1 is 1.23 bits per heavy atom. The molecule has 0 bridgehead atoms. The lowest BCUT2D eigenvalue weighted by Crippen LogP contribution is -2.49. The Morgan fingerprint density at radius 3 is 2.54 bits per heavy atom. The number of nitrogens with zero attached hydrogens (tertiary/aromatic N) is 2. The van der Waals surface area contributed by atoms with Gasteiger partial charge in [0.15, 0.2) is 0 Å². The van der Waals surface area contributed by atoms with Crippen LogP contribution in [0.5, 0.6) is 0 Å². The van der Waals surface area contributed by atoms with Gasteiger partial charge in [-0.3, -0.25) is 4.79 Å². The molecule has 5 heteroatoms. The third kappa shape index (κ3) is 3.57. The molecule has 2 fully saturated rings. The van der Waals surface area contributed by atoms with Gasteiger partial charge in [0.25, 0.3) is 5.91 Å². The lowest BCUT2D eigenvalue weighted by atomic mass is 9.90. The summed E-state index contributed by atoms with van der Waals surface area (Å²) in [7, 11) is 0. The minimum Gasteiger partial charge on any atom is -0.441 e. The zero-order valence-corrected chi connectivity index (χ0v) is 16.4. The number of piperidine rings is 1. The van der Waals surface area contributed by atoms with Gasteiger partial charge in [-0.15, -0.1) is 0 Å². The fourth-order valence-electron chi connectivity index (χ4n) is 4.00. The zero-order chi connectivity index (χ0) is 18.9. The normalized spacial score (nSPS) is 20.4. The fourth-order valence-corrected chi connectivity index (χ4v) is 4.00. The van der Waals surface area contributed by atoms with Crippen molar-refractivity contribution >= 4 is 12.0 Å². The van der Waals surface area contributed by atoms with Crippen LogP contribution in [0, 0.1) is 13.8 Å². The number of rotatable bonds is 4. The Bertz CT molecular complexity index is 692. The van der Waals surface area contributed by atoms with E-state index in [1.165, 1.54) is 5.56 Å². The molecule has 1 spiro atoms. The van der Waals surface area contributed by atoms with Gasteiger partial charge < -0.3 is 14.5 Å². The molecule has 0 N–H and O–H groups in total. The summed E-state index contributed by atoms with van der Waals surface area (Å²) >= 11 is 0. The SMILES string of the molecule is CCC[C@H](C)N1CC2(CCN(C(=O)c3ccc(C)c(C)c3)CC2)OC1=O. The lowest BCUT2D eigenvalue weighted by molar-refractivity contribution is 0.00306. The van der Waals surface area contributed by atoms with Crippen molar-refractivity contribution in [1.82, 2.24) is 9.80 Å². The molecule has 142 valence electrons. The minimum absolute atomic E-state index is 0.0727. The largest absolute Gasteiger partial charge is 0.441 e. The third-order valence-electron chi connectivity index (χ3n) is 5.95. The second-order valence-electron chi connectivity index (χ2n) is 7.91. The second-order valence-corrected chi connectivity index (χ2v) is 7.91. The molecular weight excluding hydrogens is 328 g/mol. The predicted octanol–water partition coefficient (Wildman–Crippen LogP) is 3.92. The van der Waals surface area contributed by atoms with Gasteiger partial charge in [-0.1, -0.05) is 19.4 Å². The highest BCUT2D eigenvalue weighted by molar-refractivity contribution is 5.94. The van der Waals surface area contributed by atoms with Gasteiger partial charge in [-0.2, -0.15) is 0 Å². The summed E-state index contributed by atoms with van der Waals surface area (Å²) in [4.78, 5) is 28.8. The van der Waals surface area contributed by atoms with Crippen LogP contribution in [0.15, 0.2) is 18.2 Å². The van der Waals surface area contributed by atoms with E-state index in [-0.39, 0.29) is 18.0 Å². The Labute approximate surface area is 156 Å². The van der Waals surface area contributed by atoms with Crippen molar-refractivity contribution < 1.29 is 14.3 Å². The van der Waals surface area contributed by atoms with E-state index in [2.05, 4.69) is 13.8 Å². The lowest BCUT2D eigenvalue weighted by Gasteiger charge is -2.37. The summed E-state index contributed by atoms with van der Waals surface area (Å²) < 4.78 is 5.79. The monoisotopic (exact) mass is 358 g/mol. The molecule has 0 radical (unpaired) electrons. The minimum atomic E-state index is -0.418. The van der Waals surface area contributed by atoms with Crippen LogP contribution < -0.4 is 0 Å². The van der Waals surface area contributed by atoms with E-state index in [0.29, 0.717) is 32.5 Å². The number of carbonyl (C=O) groups excluding carboxylic acids is 2. The average molecular weight is 358 g/mol. The molecule has 1 aromatic rings. The smallest absolute Gasteiger partial charge is 0.410 e. The first-order valence-corrected chi connectivity index (χ1v) is 9.71. The van der Waals surface area contributed by atoms with Crippen LogP contribution in [0.1, 0.15) is 61.0 Å². The number of hydrogen-bond acceptors (Lipinski definition) is 3. The van der Waals surface area contributed by atoms with Crippen molar-refractivity contribution in [2.45, 2.75) is 65.0 Å². The molecule has 0 saturated carbocycles. The molecule has 1 atom stereocenters. The molecule has 2 aliphatic rings. The van der Waals surface area contributed by atoms with Crippen molar-refractivity contribution in [1.29, 1.82) is 0 Å². The first-order valence-electron chi connectivity index (χ1n) is 9.71. The van der Waals surface area contributed by atoms with Gasteiger partial charge >= 0.3 is 6.09 Å². The molecule has 0 unspecified atom stereocenters. The van der Waals surface area contributed by atoms with Crippen LogP contribution in [0.4, 0.5) is 4.79 Å². The summed E-state index contributed by atoms with van der Waals surface area (Å²) in [5, 5.41) is 0. The van der Waals surface area contributed by atoms with Crippen molar-refractivity contribution in [3.05, 3.63) is 34.9 Å². The summed E-state index contributed by atoms with van der Waals surface area (Å²) in [6, 6.07) is 6.08. The van der Waals surface area contributed by atoms with Crippen molar-refractivity contribution in [2.75, 3.05) is 19.6 Å². The number of likely N-dealkylation sites (tertiary alicyclic amines) is 1. The summed E-state index contributed by atoms with van der Waals surface area (Å²) in [5.74, 6) is 0.0727. The number of benzene rings is 1. The number of aryl methyl sites for hydroxylation is 2.